The molecule has 1 N–H and O–H groups in total. The summed E-state index contributed by atoms with van der Waals surface area (Å²) >= 11 is 0. The highest BCUT2D eigenvalue weighted by molar-refractivity contribution is 4.69. The van der Waals surface area contributed by atoms with E-state index >= 15 is 0 Å². The van der Waals surface area contributed by atoms with Crippen molar-refractivity contribution in [1.29, 1.82) is 0 Å². The zero-order valence-corrected chi connectivity index (χ0v) is 4.18. The SMILES string of the molecule is CCC=CON[O-]. The van der Waals surface area contributed by atoms with Gasteiger partial charge in [-0.1, -0.05) is 6.92 Å². The predicted octanol–water partition coefficient (Wildman–Crippen LogP) is 0.929. The van der Waals surface area contributed by atoms with E-state index in [4.69, 9.17) is 0 Å². The Morgan fingerprint density at radius 3 is 3.00 bits per heavy atom. The maximum absolute atomic E-state index is 9.28. The van der Waals surface area contributed by atoms with E-state index in [1.54, 1.807) is 6.08 Å². The Kier molecular flexibility index (Phi) is 5.04. The molecule has 0 aliphatic carbocycles. The lowest BCUT2D eigenvalue weighted by Gasteiger charge is -2.01. The molecule has 0 spiro atoms. The van der Waals surface area contributed by atoms with Crippen LogP contribution >= 0.6 is 0 Å². The molecule has 0 aliphatic heterocycles. The van der Waals surface area contributed by atoms with Gasteiger partial charge >= 0.3 is 0 Å². The van der Waals surface area contributed by atoms with Crippen molar-refractivity contribution >= 4 is 0 Å². The fraction of sp³-hybridized carbons (Fsp3) is 0.500. The second-order valence-electron chi connectivity index (χ2n) is 0.981. The highest BCUT2D eigenvalue weighted by Gasteiger charge is 1.60. The van der Waals surface area contributed by atoms with Crippen molar-refractivity contribution in [3.05, 3.63) is 17.5 Å². The fourth-order valence-corrected chi connectivity index (χ4v) is 0.172. The van der Waals surface area contributed by atoms with Crippen LogP contribution in [0.3, 0.4) is 0 Å². The molecule has 3 nitrogen and oxygen atoms in total. The molecule has 0 aromatic carbocycles. The highest BCUT2D eigenvalue weighted by atomic mass is 16.8. The highest BCUT2D eigenvalue weighted by Crippen LogP contribution is 1.76. The number of hydrogen-bond donors (Lipinski definition) is 1. The van der Waals surface area contributed by atoms with Gasteiger partial charge in [0.1, 0.15) is 6.26 Å². The Morgan fingerprint density at radius 2 is 2.57 bits per heavy atom. The number of hydrogen-bond acceptors (Lipinski definition) is 3. The minimum absolute atomic E-state index is 0.877. The third-order valence-electron chi connectivity index (χ3n) is 0.448. The number of rotatable bonds is 3. The summed E-state index contributed by atoms with van der Waals surface area (Å²) in [6.45, 7) is 1.95. The van der Waals surface area contributed by atoms with E-state index < -0.39 is 0 Å². The lowest BCUT2D eigenvalue weighted by Crippen LogP contribution is -1.96. The first-order valence-corrected chi connectivity index (χ1v) is 2.09. The fourth-order valence-electron chi connectivity index (χ4n) is 0.172. The van der Waals surface area contributed by atoms with Gasteiger partial charge in [-0.15, -0.1) is 0 Å². The van der Waals surface area contributed by atoms with Crippen molar-refractivity contribution in [3.8, 4) is 0 Å². The van der Waals surface area contributed by atoms with Gasteiger partial charge in [0, 0.05) is 0 Å². The van der Waals surface area contributed by atoms with Crippen LogP contribution in [-0.2, 0) is 4.84 Å². The van der Waals surface area contributed by atoms with E-state index in [0.717, 1.165) is 6.42 Å². The molecular formula is C4H8NO2-. The van der Waals surface area contributed by atoms with Crippen LogP contribution in [0.5, 0.6) is 0 Å². The molecule has 0 heterocycles. The molecule has 0 atom stereocenters. The average Bonchev–Trinajstić information content (AvgIpc) is 1.69. The summed E-state index contributed by atoms with van der Waals surface area (Å²) in [5, 5.41) is 9.28. The van der Waals surface area contributed by atoms with Crippen LogP contribution in [0.1, 0.15) is 13.3 Å². The van der Waals surface area contributed by atoms with Gasteiger partial charge in [-0.3, -0.25) is 0 Å². The van der Waals surface area contributed by atoms with E-state index in [1.807, 2.05) is 6.92 Å². The minimum atomic E-state index is 0.877. The standard InChI is InChI=1S/C4H8NO2/c1-2-3-4-7-5-6/h3-5H,2H2,1H3/q-1. The Bertz CT molecular complexity index is 53.7. The molecule has 0 aromatic heterocycles. The van der Waals surface area contributed by atoms with E-state index in [9.17, 15) is 5.21 Å². The third kappa shape index (κ3) is 5.46. The second kappa shape index (κ2) is 5.46. The largest absolute Gasteiger partial charge is 0.755 e. The summed E-state index contributed by atoms with van der Waals surface area (Å²) in [7, 11) is 0. The molecule has 42 valence electrons. The smallest absolute Gasteiger partial charge is 0.105 e. The lowest BCUT2D eigenvalue weighted by atomic mass is 10.5. The van der Waals surface area contributed by atoms with E-state index in [2.05, 4.69) is 4.84 Å². The Balaban J connectivity index is 2.78. The average molecular weight is 102 g/mol. The zero-order chi connectivity index (χ0) is 5.54. The quantitative estimate of drug-likeness (QED) is 0.426. The Labute approximate surface area is 42.5 Å². The molecule has 0 fully saturated rings. The van der Waals surface area contributed by atoms with Crippen LogP contribution in [0, 0.1) is 5.21 Å². The second-order valence-corrected chi connectivity index (χ2v) is 0.981. The number of allylic oxidation sites excluding steroid dienone is 1. The molecule has 0 saturated carbocycles. The molecule has 0 saturated heterocycles. The van der Waals surface area contributed by atoms with Crippen LogP contribution in [0.2, 0.25) is 0 Å². The molecular weight excluding hydrogens is 94.0 g/mol. The molecule has 7 heavy (non-hydrogen) atoms. The van der Waals surface area contributed by atoms with Gasteiger partial charge < -0.3 is 10.0 Å². The molecule has 0 unspecified atom stereocenters. The predicted molar refractivity (Wildman–Crippen MR) is 27.0 cm³/mol. The summed E-state index contributed by atoms with van der Waals surface area (Å²) in [6, 6.07) is 0. The van der Waals surface area contributed by atoms with E-state index in [-0.39, 0.29) is 0 Å². The van der Waals surface area contributed by atoms with Crippen LogP contribution in [0.25, 0.3) is 0 Å². The maximum atomic E-state index is 9.28. The first-order valence-electron chi connectivity index (χ1n) is 2.09. The molecule has 0 amide bonds. The van der Waals surface area contributed by atoms with Crippen molar-refractivity contribution in [2.24, 2.45) is 0 Å². The van der Waals surface area contributed by atoms with Crippen LogP contribution < -0.4 is 5.64 Å². The minimum Gasteiger partial charge on any atom is -0.755 e. The van der Waals surface area contributed by atoms with Gasteiger partial charge in [-0.2, -0.15) is 0 Å². The van der Waals surface area contributed by atoms with Gasteiger partial charge in [-0.25, -0.2) is 5.64 Å². The van der Waals surface area contributed by atoms with Crippen LogP contribution in [0.4, 0.5) is 0 Å². The molecule has 0 radical (unpaired) electrons. The van der Waals surface area contributed by atoms with Gasteiger partial charge in [0.2, 0.25) is 0 Å². The van der Waals surface area contributed by atoms with Crippen LogP contribution in [0.15, 0.2) is 12.3 Å². The normalized spacial score (nSPS) is 10.0. The number of nitrogens with one attached hydrogen (secondary N) is 1. The van der Waals surface area contributed by atoms with Crippen molar-refractivity contribution < 1.29 is 4.84 Å². The summed E-state index contributed by atoms with van der Waals surface area (Å²) in [6.07, 6.45) is 3.92. The molecule has 0 bridgehead atoms. The molecule has 0 aromatic rings. The van der Waals surface area contributed by atoms with Gasteiger partial charge in [0.15, 0.2) is 0 Å². The van der Waals surface area contributed by atoms with Gasteiger partial charge in [0.25, 0.3) is 0 Å². The third-order valence-corrected chi connectivity index (χ3v) is 0.448. The monoisotopic (exact) mass is 102 g/mol. The first-order chi connectivity index (χ1) is 3.41. The summed E-state index contributed by atoms with van der Waals surface area (Å²) < 4.78 is 0. The molecule has 0 rings (SSSR count). The van der Waals surface area contributed by atoms with Crippen LogP contribution in [-0.4, -0.2) is 0 Å². The summed E-state index contributed by atoms with van der Waals surface area (Å²) in [5.74, 6) is 0. The van der Waals surface area contributed by atoms with Crippen molar-refractivity contribution in [3.63, 3.8) is 0 Å². The van der Waals surface area contributed by atoms with E-state index in [1.165, 1.54) is 11.9 Å². The first kappa shape index (κ1) is 6.46. The van der Waals surface area contributed by atoms with E-state index in [0.29, 0.717) is 0 Å². The topological polar surface area (TPSA) is 44.3 Å². The Hall–Kier alpha value is -0.540. The maximum Gasteiger partial charge on any atom is 0.105 e. The zero-order valence-electron chi connectivity index (χ0n) is 4.18. The van der Waals surface area contributed by atoms with Gasteiger partial charge in [0.05, 0.1) is 0 Å². The molecule has 0 aliphatic rings. The molecule has 3 heteroatoms. The van der Waals surface area contributed by atoms with Gasteiger partial charge in [-0.05, 0) is 12.5 Å². The van der Waals surface area contributed by atoms with Crippen molar-refractivity contribution in [1.82, 2.24) is 5.64 Å². The Morgan fingerprint density at radius 1 is 1.86 bits per heavy atom. The van der Waals surface area contributed by atoms with Crippen molar-refractivity contribution in [2.75, 3.05) is 0 Å². The summed E-state index contributed by atoms with van der Waals surface area (Å²) in [5.41, 5.74) is 1.27. The lowest BCUT2D eigenvalue weighted by molar-refractivity contribution is 0.175. The van der Waals surface area contributed by atoms with Crippen molar-refractivity contribution in [2.45, 2.75) is 13.3 Å². The summed E-state index contributed by atoms with van der Waals surface area (Å²) in [4.78, 5) is 4.09.